The van der Waals surface area contributed by atoms with Crippen molar-refractivity contribution < 1.29 is 9.90 Å². The third kappa shape index (κ3) is 3.49. The summed E-state index contributed by atoms with van der Waals surface area (Å²) in [5.74, 6) is -0.410. The second-order valence-corrected chi connectivity index (χ2v) is 4.23. The van der Waals surface area contributed by atoms with Crippen molar-refractivity contribution in [2.75, 3.05) is 6.61 Å². The number of carbonyl (C=O) groups is 1. The fraction of sp³-hybridized carbons (Fsp3) is 0.154. The molecule has 6 heteroatoms. The lowest BCUT2D eigenvalue weighted by Gasteiger charge is -2.16. The predicted octanol–water partition coefficient (Wildman–Crippen LogP) is 1.59. The van der Waals surface area contributed by atoms with Crippen molar-refractivity contribution in [2.45, 2.75) is 6.04 Å². The van der Waals surface area contributed by atoms with Gasteiger partial charge >= 0.3 is 0 Å². The maximum Gasteiger partial charge on any atom is 0.272 e. The molecule has 1 amide bonds. The molecule has 0 saturated heterocycles. The molecule has 1 aromatic carbocycles. The van der Waals surface area contributed by atoms with Crippen LogP contribution in [0.25, 0.3) is 0 Å². The average molecular weight is 278 g/mol. The quantitative estimate of drug-likeness (QED) is 0.890. The van der Waals surface area contributed by atoms with Gasteiger partial charge in [-0.25, -0.2) is 9.97 Å². The molecule has 0 aliphatic heterocycles. The summed E-state index contributed by atoms with van der Waals surface area (Å²) >= 11 is 5.60. The smallest absolute Gasteiger partial charge is 0.272 e. The van der Waals surface area contributed by atoms with Crippen LogP contribution in [0.4, 0.5) is 0 Å². The van der Waals surface area contributed by atoms with Crippen LogP contribution in [-0.4, -0.2) is 27.6 Å². The number of hydrogen-bond acceptors (Lipinski definition) is 4. The number of halogens is 1. The Morgan fingerprint density at radius 1 is 1.26 bits per heavy atom. The Kier molecular flexibility index (Phi) is 4.43. The van der Waals surface area contributed by atoms with Gasteiger partial charge in [0, 0.05) is 0 Å². The number of aliphatic hydroxyl groups is 1. The molecule has 0 aliphatic rings. The van der Waals surface area contributed by atoms with Gasteiger partial charge in [-0.15, -0.1) is 0 Å². The third-order valence-corrected chi connectivity index (χ3v) is 2.74. The molecule has 0 fully saturated rings. The standard InChI is InChI=1S/C13H12ClN3O2/c14-12-7-15-10(6-16-12)13(19)17-11(8-18)9-4-2-1-3-5-9/h1-7,11,18H,8H2,(H,17,19)/t11-/m0/s1. The van der Waals surface area contributed by atoms with E-state index in [0.717, 1.165) is 5.56 Å². The summed E-state index contributed by atoms with van der Waals surface area (Å²) in [5.41, 5.74) is 0.971. The van der Waals surface area contributed by atoms with Crippen LogP contribution in [0, 0.1) is 0 Å². The summed E-state index contributed by atoms with van der Waals surface area (Å²) in [6.45, 7) is -0.198. The van der Waals surface area contributed by atoms with E-state index in [-0.39, 0.29) is 17.5 Å². The molecule has 0 radical (unpaired) electrons. The summed E-state index contributed by atoms with van der Waals surface area (Å²) in [5, 5.41) is 12.3. The average Bonchev–Trinajstić information content (AvgIpc) is 2.46. The van der Waals surface area contributed by atoms with Gasteiger partial charge in [-0.3, -0.25) is 4.79 Å². The van der Waals surface area contributed by atoms with Crippen molar-refractivity contribution >= 4 is 17.5 Å². The van der Waals surface area contributed by atoms with Crippen LogP contribution >= 0.6 is 11.6 Å². The number of rotatable bonds is 4. The number of hydrogen-bond donors (Lipinski definition) is 2. The topological polar surface area (TPSA) is 75.1 Å². The Morgan fingerprint density at radius 3 is 2.58 bits per heavy atom. The van der Waals surface area contributed by atoms with E-state index in [4.69, 9.17) is 11.6 Å². The number of aromatic nitrogens is 2. The molecule has 0 bridgehead atoms. The van der Waals surface area contributed by atoms with Crippen LogP contribution < -0.4 is 5.32 Å². The van der Waals surface area contributed by atoms with E-state index < -0.39 is 11.9 Å². The lowest BCUT2D eigenvalue weighted by molar-refractivity contribution is 0.0910. The molecule has 5 nitrogen and oxygen atoms in total. The highest BCUT2D eigenvalue weighted by molar-refractivity contribution is 6.29. The van der Waals surface area contributed by atoms with E-state index in [0.29, 0.717) is 0 Å². The minimum Gasteiger partial charge on any atom is -0.394 e. The Labute approximate surface area is 115 Å². The van der Waals surface area contributed by atoms with E-state index in [9.17, 15) is 9.90 Å². The SMILES string of the molecule is O=C(N[C@@H](CO)c1ccccc1)c1cnc(Cl)cn1. The van der Waals surface area contributed by atoms with Gasteiger partial charge in [-0.05, 0) is 5.56 Å². The van der Waals surface area contributed by atoms with Crippen LogP contribution in [0.15, 0.2) is 42.7 Å². The van der Waals surface area contributed by atoms with Gasteiger partial charge in [0.1, 0.15) is 10.8 Å². The minimum atomic E-state index is -0.480. The molecule has 1 aromatic heterocycles. The largest absolute Gasteiger partial charge is 0.394 e. The van der Waals surface area contributed by atoms with Crippen LogP contribution in [0.3, 0.4) is 0 Å². The summed E-state index contributed by atoms with van der Waals surface area (Å²) < 4.78 is 0. The second-order valence-electron chi connectivity index (χ2n) is 3.84. The molecule has 2 rings (SSSR count). The number of aliphatic hydroxyl groups excluding tert-OH is 1. The van der Waals surface area contributed by atoms with Crippen molar-refractivity contribution in [1.29, 1.82) is 0 Å². The summed E-state index contributed by atoms with van der Waals surface area (Å²) in [6, 6.07) is 8.72. The molecule has 0 spiro atoms. The van der Waals surface area contributed by atoms with Crippen LogP contribution in [0.1, 0.15) is 22.1 Å². The first kappa shape index (κ1) is 13.5. The Hall–Kier alpha value is -1.98. The summed E-state index contributed by atoms with van der Waals surface area (Å²) in [7, 11) is 0. The van der Waals surface area contributed by atoms with Crippen molar-refractivity contribution in [3.63, 3.8) is 0 Å². The van der Waals surface area contributed by atoms with E-state index in [2.05, 4.69) is 15.3 Å². The molecule has 0 unspecified atom stereocenters. The van der Waals surface area contributed by atoms with Gasteiger partial charge in [0.15, 0.2) is 0 Å². The fourth-order valence-electron chi connectivity index (χ4n) is 1.58. The first-order chi connectivity index (χ1) is 9.20. The minimum absolute atomic E-state index is 0.152. The number of carbonyl (C=O) groups excluding carboxylic acids is 1. The van der Waals surface area contributed by atoms with E-state index in [1.54, 1.807) is 0 Å². The summed E-state index contributed by atoms with van der Waals surface area (Å²) in [6.07, 6.45) is 2.59. The number of nitrogens with zero attached hydrogens (tertiary/aromatic N) is 2. The molecule has 0 saturated carbocycles. The van der Waals surface area contributed by atoms with Gasteiger partial charge in [-0.2, -0.15) is 0 Å². The lowest BCUT2D eigenvalue weighted by Crippen LogP contribution is -2.31. The van der Waals surface area contributed by atoms with Crippen molar-refractivity contribution in [2.24, 2.45) is 0 Å². The van der Waals surface area contributed by atoms with Gasteiger partial charge in [0.05, 0.1) is 25.0 Å². The maximum absolute atomic E-state index is 11.9. The van der Waals surface area contributed by atoms with Crippen LogP contribution in [0.5, 0.6) is 0 Å². The van der Waals surface area contributed by atoms with Crippen molar-refractivity contribution in [3.05, 3.63) is 59.1 Å². The zero-order valence-electron chi connectivity index (χ0n) is 9.95. The molecule has 2 aromatic rings. The molecule has 19 heavy (non-hydrogen) atoms. The van der Waals surface area contributed by atoms with E-state index in [1.165, 1.54) is 12.4 Å². The van der Waals surface area contributed by atoms with Crippen molar-refractivity contribution in [3.8, 4) is 0 Å². The van der Waals surface area contributed by atoms with Gasteiger partial charge in [-0.1, -0.05) is 41.9 Å². The first-order valence-electron chi connectivity index (χ1n) is 5.65. The van der Waals surface area contributed by atoms with Gasteiger partial charge in [0.2, 0.25) is 0 Å². The normalized spacial score (nSPS) is 11.9. The van der Waals surface area contributed by atoms with Crippen LogP contribution in [0.2, 0.25) is 5.15 Å². The molecular weight excluding hydrogens is 266 g/mol. The van der Waals surface area contributed by atoms with Crippen LogP contribution in [-0.2, 0) is 0 Å². The summed E-state index contributed by atoms with van der Waals surface area (Å²) in [4.78, 5) is 19.6. The predicted molar refractivity (Wildman–Crippen MR) is 70.8 cm³/mol. The molecule has 1 atom stereocenters. The highest BCUT2D eigenvalue weighted by Crippen LogP contribution is 2.12. The Balaban J connectivity index is 2.10. The molecular formula is C13H12ClN3O2. The van der Waals surface area contributed by atoms with E-state index in [1.807, 2.05) is 30.3 Å². The Bertz CT molecular complexity index is 546. The highest BCUT2D eigenvalue weighted by atomic mass is 35.5. The van der Waals surface area contributed by atoms with Crippen molar-refractivity contribution in [1.82, 2.24) is 15.3 Å². The van der Waals surface area contributed by atoms with E-state index >= 15 is 0 Å². The number of benzene rings is 1. The maximum atomic E-state index is 11.9. The second kappa shape index (κ2) is 6.26. The lowest BCUT2D eigenvalue weighted by atomic mass is 10.1. The monoisotopic (exact) mass is 277 g/mol. The van der Waals surface area contributed by atoms with Gasteiger partial charge in [0.25, 0.3) is 5.91 Å². The third-order valence-electron chi connectivity index (χ3n) is 2.54. The zero-order chi connectivity index (χ0) is 13.7. The fourth-order valence-corrected chi connectivity index (χ4v) is 1.68. The molecule has 0 aliphatic carbocycles. The first-order valence-corrected chi connectivity index (χ1v) is 6.02. The Morgan fingerprint density at radius 2 is 2.00 bits per heavy atom. The number of nitrogens with one attached hydrogen (secondary N) is 1. The molecule has 1 heterocycles. The molecule has 98 valence electrons. The number of amides is 1. The highest BCUT2D eigenvalue weighted by Gasteiger charge is 2.15. The van der Waals surface area contributed by atoms with Gasteiger partial charge < -0.3 is 10.4 Å². The zero-order valence-corrected chi connectivity index (χ0v) is 10.7. The molecule has 2 N–H and O–H groups in total.